The molecule has 0 saturated carbocycles. The van der Waals surface area contributed by atoms with E-state index in [2.05, 4.69) is 6.92 Å². The lowest BCUT2D eigenvalue weighted by molar-refractivity contribution is -0.00549. The number of benzene rings is 2. The molecule has 2 N–H and O–H groups in total. The van der Waals surface area contributed by atoms with Crippen LogP contribution in [-0.2, 0) is 0 Å². The Labute approximate surface area is 124 Å². The number of phenolic OH excluding ortho intramolecular Hbond substituents is 2. The first-order valence-corrected chi connectivity index (χ1v) is 7.10. The van der Waals surface area contributed by atoms with E-state index >= 15 is 0 Å². The summed E-state index contributed by atoms with van der Waals surface area (Å²) in [6, 6.07) is 13.5. The number of ether oxygens (including phenoxy) is 2. The van der Waals surface area contributed by atoms with Crippen LogP contribution in [0.3, 0.4) is 0 Å². The SMILES string of the molecule is CCCCC(Oc1ccccc1O)Oc1ccccc1O. The Balaban J connectivity index is 2.11. The fourth-order valence-corrected chi connectivity index (χ4v) is 1.91. The molecule has 0 atom stereocenters. The topological polar surface area (TPSA) is 58.9 Å². The van der Waals surface area contributed by atoms with Crippen molar-refractivity contribution >= 4 is 0 Å². The predicted molar refractivity (Wildman–Crippen MR) is 80.8 cm³/mol. The molecule has 0 spiro atoms. The van der Waals surface area contributed by atoms with E-state index < -0.39 is 6.29 Å². The molecule has 0 aliphatic carbocycles. The molecule has 2 aromatic carbocycles. The van der Waals surface area contributed by atoms with E-state index in [1.54, 1.807) is 48.5 Å². The van der Waals surface area contributed by atoms with Crippen molar-refractivity contribution in [2.75, 3.05) is 0 Å². The fraction of sp³-hybridized carbons (Fsp3) is 0.294. The van der Waals surface area contributed by atoms with E-state index in [1.807, 2.05) is 0 Å². The fourth-order valence-electron chi connectivity index (χ4n) is 1.91. The highest BCUT2D eigenvalue weighted by molar-refractivity contribution is 5.39. The Morgan fingerprint density at radius 1 is 0.857 bits per heavy atom. The quantitative estimate of drug-likeness (QED) is 0.754. The van der Waals surface area contributed by atoms with E-state index in [1.165, 1.54) is 0 Å². The Hall–Kier alpha value is -2.36. The summed E-state index contributed by atoms with van der Waals surface area (Å²) in [6.07, 6.45) is 2.03. The first-order valence-electron chi connectivity index (χ1n) is 7.10. The zero-order valence-electron chi connectivity index (χ0n) is 12.0. The first kappa shape index (κ1) is 15.0. The van der Waals surface area contributed by atoms with Gasteiger partial charge in [-0.2, -0.15) is 0 Å². The molecule has 0 aromatic heterocycles. The zero-order chi connectivity index (χ0) is 15.1. The second-order valence-electron chi connectivity index (χ2n) is 4.74. The van der Waals surface area contributed by atoms with Gasteiger partial charge in [0.25, 0.3) is 0 Å². The molecule has 0 unspecified atom stereocenters. The van der Waals surface area contributed by atoms with E-state index in [4.69, 9.17) is 9.47 Å². The minimum atomic E-state index is -0.563. The minimum absolute atomic E-state index is 0.0693. The third-order valence-electron chi connectivity index (χ3n) is 3.04. The maximum absolute atomic E-state index is 9.78. The Morgan fingerprint density at radius 3 is 1.76 bits per heavy atom. The van der Waals surface area contributed by atoms with Gasteiger partial charge in [-0.25, -0.2) is 0 Å². The largest absolute Gasteiger partial charge is 0.504 e. The summed E-state index contributed by atoms with van der Waals surface area (Å²) in [5.41, 5.74) is 0. The molecular formula is C17H20O4. The third kappa shape index (κ3) is 4.31. The highest BCUT2D eigenvalue weighted by atomic mass is 16.7. The predicted octanol–water partition coefficient (Wildman–Crippen LogP) is 4.07. The summed E-state index contributed by atoms with van der Waals surface area (Å²) in [6.45, 7) is 2.08. The van der Waals surface area contributed by atoms with Crippen molar-refractivity contribution < 1.29 is 19.7 Å². The summed E-state index contributed by atoms with van der Waals surface area (Å²) >= 11 is 0. The van der Waals surface area contributed by atoms with Crippen LogP contribution in [0.5, 0.6) is 23.0 Å². The van der Waals surface area contributed by atoms with Gasteiger partial charge in [0.2, 0.25) is 6.29 Å². The number of phenols is 2. The van der Waals surface area contributed by atoms with E-state index in [0.717, 1.165) is 12.8 Å². The van der Waals surface area contributed by atoms with Crippen molar-refractivity contribution in [2.45, 2.75) is 32.5 Å². The average Bonchev–Trinajstić information content (AvgIpc) is 2.49. The van der Waals surface area contributed by atoms with Crippen LogP contribution in [0.1, 0.15) is 26.2 Å². The third-order valence-corrected chi connectivity index (χ3v) is 3.04. The molecule has 4 nitrogen and oxygen atoms in total. The van der Waals surface area contributed by atoms with E-state index in [-0.39, 0.29) is 11.5 Å². The molecule has 0 fully saturated rings. The van der Waals surface area contributed by atoms with Gasteiger partial charge in [0, 0.05) is 6.42 Å². The molecule has 0 aliphatic rings. The summed E-state index contributed by atoms with van der Waals surface area (Å²) in [4.78, 5) is 0. The summed E-state index contributed by atoms with van der Waals surface area (Å²) in [5, 5.41) is 19.6. The van der Waals surface area contributed by atoms with Gasteiger partial charge in [0.05, 0.1) is 0 Å². The van der Waals surface area contributed by atoms with Crippen LogP contribution >= 0.6 is 0 Å². The van der Waals surface area contributed by atoms with Gasteiger partial charge in [0.1, 0.15) is 0 Å². The van der Waals surface area contributed by atoms with Crippen LogP contribution in [-0.4, -0.2) is 16.5 Å². The molecule has 0 heterocycles. The Kier molecular flexibility index (Phi) is 5.32. The summed E-state index contributed by atoms with van der Waals surface area (Å²) < 4.78 is 11.4. The van der Waals surface area contributed by atoms with Crippen LogP contribution in [0.2, 0.25) is 0 Å². The molecule has 2 aromatic rings. The first-order chi connectivity index (χ1) is 10.2. The number of aromatic hydroxyl groups is 2. The molecule has 21 heavy (non-hydrogen) atoms. The molecule has 0 aliphatic heterocycles. The van der Waals surface area contributed by atoms with E-state index in [0.29, 0.717) is 17.9 Å². The van der Waals surface area contributed by atoms with Gasteiger partial charge in [-0.15, -0.1) is 0 Å². The van der Waals surface area contributed by atoms with Crippen molar-refractivity contribution in [3.05, 3.63) is 48.5 Å². The smallest absolute Gasteiger partial charge is 0.241 e. The van der Waals surface area contributed by atoms with Gasteiger partial charge >= 0.3 is 0 Å². The lowest BCUT2D eigenvalue weighted by atomic mass is 10.2. The highest BCUT2D eigenvalue weighted by Crippen LogP contribution is 2.30. The van der Waals surface area contributed by atoms with Crippen molar-refractivity contribution in [2.24, 2.45) is 0 Å². The molecule has 0 amide bonds. The average molecular weight is 288 g/mol. The van der Waals surface area contributed by atoms with Gasteiger partial charge in [-0.1, -0.05) is 37.6 Å². The lowest BCUT2D eigenvalue weighted by Gasteiger charge is -2.21. The maximum atomic E-state index is 9.78. The second-order valence-corrected chi connectivity index (χ2v) is 4.74. The summed E-state index contributed by atoms with van der Waals surface area (Å²) in [5.74, 6) is 0.878. The van der Waals surface area contributed by atoms with Crippen LogP contribution in [0, 0.1) is 0 Å². The van der Waals surface area contributed by atoms with Gasteiger partial charge < -0.3 is 19.7 Å². The Bertz CT molecular complexity index is 521. The Morgan fingerprint density at radius 2 is 1.33 bits per heavy atom. The monoisotopic (exact) mass is 288 g/mol. The standard InChI is InChI=1S/C17H20O4/c1-2-3-12-17(20-15-10-6-4-8-13(15)18)21-16-11-7-5-9-14(16)19/h4-11,17-19H,2-3,12H2,1H3. The van der Waals surface area contributed by atoms with Gasteiger partial charge in [-0.3, -0.25) is 0 Å². The number of unbranched alkanes of at least 4 members (excludes halogenated alkanes) is 1. The second kappa shape index (κ2) is 7.43. The summed E-state index contributed by atoms with van der Waals surface area (Å²) in [7, 11) is 0. The van der Waals surface area contributed by atoms with E-state index in [9.17, 15) is 10.2 Å². The molecule has 2 rings (SSSR count). The molecular weight excluding hydrogens is 268 g/mol. The molecule has 0 bridgehead atoms. The number of hydrogen-bond acceptors (Lipinski definition) is 4. The lowest BCUT2D eigenvalue weighted by Crippen LogP contribution is -2.24. The number of para-hydroxylation sites is 4. The number of hydrogen-bond donors (Lipinski definition) is 2. The van der Waals surface area contributed by atoms with Crippen LogP contribution in [0.4, 0.5) is 0 Å². The number of rotatable bonds is 7. The molecule has 112 valence electrons. The van der Waals surface area contributed by atoms with Crippen molar-refractivity contribution in [3.8, 4) is 23.0 Å². The molecule has 0 radical (unpaired) electrons. The molecule has 4 heteroatoms. The van der Waals surface area contributed by atoms with Crippen LogP contribution in [0.15, 0.2) is 48.5 Å². The molecule has 0 saturated heterocycles. The van der Waals surface area contributed by atoms with Gasteiger partial charge in [0.15, 0.2) is 23.0 Å². The van der Waals surface area contributed by atoms with Gasteiger partial charge in [-0.05, 0) is 30.7 Å². The highest BCUT2D eigenvalue weighted by Gasteiger charge is 2.15. The minimum Gasteiger partial charge on any atom is -0.504 e. The van der Waals surface area contributed by atoms with Crippen molar-refractivity contribution in [3.63, 3.8) is 0 Å². The maximum Gasteiger partial charge on any atom is 0.241 e. The van der Waals surface area contributed by atoms with Crippen molar-refractivity contribution in [1.29, 1.82) is 0 Å². The van der Waals surface area contributed by atoms with Crippen molar-refractivity contribution in [1.82, 2.24) is 0 Å². The van der Waals surface area contributed by atoms with Crippen LogP contribution in [0.25, 0.3) is 0 Å². The normalized spacial score (nSPS) is 10.6. The van der Waals surface area contributed by atoms with Crippen LogP contribution < -0.4 is 9.47 Å². The zero-order valence-corrected chi connectivity index (χ0v) is 12.0.